The molecule has 0 spiro atoms. The molecule has 0 aromatic carbocycles. The molecule has 5 nitrogen and oxygen atoms in total. The first-order valence-electron chi connectivity index (χ1n) is 6.46. The minimum absolute atomic E-state index is 0.590. The summed E-state index contributed by atoms with van der Waals surface area (Å²) < 4.78 is 1.69. The van der Waals surface area contributed by atoms with Crippen LogP contribution in [0.1, 0.15) is 18.7 Å². The molecule has 0 amide bonds. The van der Waals surface area contributed by atoms with Crippen molar-refractivity contribution in [1.82, 2.24) is 19.7 Å². The lowest BCUT2D eigenvalue weighted by molar-refractivity contribution is 0.851. The predicted octanol–water partition coefficient (Wildman–Crippen LogP) is 3.52. The second kappa shape index (κ2) is 5.38. The lowest BCUT2D eigenvalue weighted by Crippen LogP contribution is -2.06. The maximum absolute atomic E-state index is 5.96. The number of halogens is 1. The minimum atomic E-state index is 0.590. The molecule has 0 aliphatic rings. The monoisotopic (exact) mass is 307 g/mol. The van der Waals surface area contributed by atoms with Gasteiger partial charge in [0, 0.05) is 11.4 Å². The molecule has 0 radical (unpaired) electrons. The Bertz CT molecular complexity index is 748. The molecule has 0 atom stereocenters. The van der Waals surface area contributed by atoms with E-state index in [2.05, 4.69) is 33.4 Å². The summed E-state index contributed by atoms with van der Waals surface area (Å²) in [4.78, 5) is 11.3. The quantitative estimate of drug-likeness (QED) is 0.801. The van der Waals surface area contributed by atoms with Gasteiger partial charge in [0.15, 0.2) is 5.82 Å². The van der Waals surface area contributed by atoms with Gasteiger partial charge in [-0.15, -0.1) is 11.3 Å². The molecule has 0 saturated carbocycles. The fraction of sp³-hybridized carbons (Fsp3) is 0.308. The summed E-state index contributed by atoms with van der Waals surface area (Å²) in [6.45, 7) is 4.93. The van der Waals surface area contributed by atoms with Crippen LogP contribution in [-0.4, -0.2) is 26.3 Å². The molecule has 3 rings (SSSR count). The summed E-state index contributed by atoms with van der Waals surface area (Å²) in [5.41, 5.74) is 0. The SMILES string of the molecule is CCNc1nc(-n2cc(Cl)cn2)c2cc(CC)sc2n1. The molecule has 3 aromatic rings. The Balaban J connectivity index is 2.23. The van der Waals surface area contributed by atoms with Crippen LogP contribution in [0.4, 0.5) is 5.95 Å². The van der Waals surface area contributed by atoms with Gasteiger partial charge in [-0.3, -0.25) is 0 Å². The molecule has 104 valence electrons. The Morgan fingerprint density at radius 2 is 2.20 bits per heavy atom. The van der Waals surface area contributed by atoms with Crippen LogP contribution in [0.15, 0.2) is 18.5 Å². The van der Waals surface area contributed by atoms with Gasteiger partial charge in [0.2, 0.25) is 5.95 Å². The van der Waals surface area contributed by atoms with Crippen molar-refractivity contribution in [2.75, 3.05) is 11.9 Å². The highest BCUT2D eigenvalue weighted by Gasteiger charge is 2.13. The van der Waals surface area contributed by atoms with Crippen molar-refractivity contribution < 1.29 is 0 Å². The maximum atomic E-state index is 5.96. The van der Waals surface area contributed by atoms with Gasteiger partial charge in [0.25, 0.3) is 0 Å². The molecule has 0 aliphatic heterocycles. The summed E-state index contributed by atoms with van der Waals surface area (Å²) in [5.74, 6) is 1.37. The van der Waals surface area contributed by atoms with Crippen LogP contribution in [0, 0.1) is 0 Å². The van der Waals surface area contributed by atoms with Crippen molar-refractivity contribution in [3.05, 3.63) is 28.4 Å². The van der Waals surface area contributed by atoms with Crippen molar-refractivity contribution in [2.24, 2.45) is 0 Å². The van der Waals surface area contributed by atoms with Crippen LogP contribution in [0.25, 0.3) is 16.0 Å². The predicted molar refractivity (Wildman–Crippen MR) is 83.1 cm³/mol. The summed E-state index contributed by atoms with van der Waals surface area (Å²) >= 11 is 7.64. The van der Waals surface area contributed by atoms with E-state index in [-0.39, 0.29) is 0 Å². The van der Waals surface area contributed by atoms with E-state index < -0.39 is 0 Å². The van der Waals surface area contributed by atoms with Crippen LogP contribution in [0.2, 0.25) is 5.02 Å². The Morgan fingerprint density at radius 3 is 2.85 bits per heavy atom. The van der Waals surface area contributed by atoms with Crippen LogP contribution in [-0.2, 0) is 6.42 Å². The molecule has 0 fully saturated rings. The molecule has 0 unspecified atom stereocenters. The summed E-state index contributed by atoms with van der Waals surface area (Å²) in [6, 6.07) is 2.13. The molecule has 1 N–H and O–H groups in total. The van der Waals surface area contributed by atoms with E-state index in [1.54, 1.807) is 28.4 Å². The summed E-state index contributed by atoms with van der Waals surface area (Å²) in [6.07, 6.45) is 4.34. The highest BCUT2D eigenvalue weighted by atomic mass is 35.5. The van der Waals surface area contributed by atoms with Crippen molar-refractivity contribution in [2.45, 2.75) is 20.3 Å². The second-order valence-electron chi connectivity index (χ2n) is 4.29. The van der Waals surface area contributed by atoms with Gasteiger partial charge in [-0.2, -0.15) is 10.1 Å². The topological polar surface area (TPSA) is 55.6 Å². The van der Waals surface area contributed by atoms with E-state index in [0.717, 1.165) is 29.0 Å². The Morgan fingerprint density at radius 1 is 1.35 bits per heavy atom. The average Bonchev–Trinajstić information content (AvgIpc) is 3.04. The zero-order valence-corrected chi connectivity index (χ0v) is 12.8. The molecule has 20 heavy (non-hydrogen) atoms. The van der Waals surface area contributed by atoms with E-state index in [9.17, 15) is 0 Å². The van der Waals surface area contributed by atoms with Gasteiger partial charge in [-0.05, 0) is 19.4 Å². The van der Waals surface area contributed by atoms with E-state index in [1.807, 2.05) is 6.92 Å². The number of anilines is 1. The van der Waals surface area contributed by atoms with E-state index in [4.69, 9.17) is 11.6 Å². The fourth-order valence-corrected chi connectivity index (χ4v) is 3.06. The van der Waals surface area contributed by atoms with Crippen molar-refractivity contribution >= 4 is 39.1 Å². The smallest absolute Gasteiger partial charge is 0.226 e. The molecular weight excluding hydrogens is 294 g/mol. The molecule has 0 aliphatic carbocycles. The largest absolute Gasteiger partial charge is 0.354 e. The molecule has 0 bridgehead atoms. The molecule has 7 heteroatoms. The van der Waals surface area contributed by atoms with E-state index in [0.29, 0.717) is 11.0 Å². The number of thiophene rings is 1. The molecule has 3 heterocycles. The standard InChI is InChI=1S/C13H14ClN5S/c1-3-9-5-10-11(19-7-8(14)6-16-19)17-13(15-4-2)18-12(10)20-9/h5-7H,3-4H2,1-2H3,(H,15,17,18). The third kappa shape index (κ3) is 2.36. The minimum Gasteiger partial charge on any atom is -0.354 e. The Labute approximate surface area is 125 Å². The Hall–Kier alpha value is -1.66. The number of rotatable bonds is 4. The van der Waals surface area contributed by atoms with Gasteiger partial charge in [-0.25, -0.2) is 9.67 Å². The fourth-order valence-electron chi connectivity index (χ4n) is 1.96. The summed E-state index contributed by atoms with van der Waals surface area (Å²) in [7, 11) is 0. The number of hydrogen-bond donors (Lipinski definition) is 1. The molecule has 0 saturated heterocycles. The highest BCUT2D eigenvalue weighted by Crippen LogP contribution is 2.29. The van der Waals surface area contributed by atoms with Crippen LogP contribution < -0.4 is 5.32 Å². The van der Waals surface area contributed by atoms with Gasteiger partial charge in [0.05, 0.1) is 22.8 Å². The molecule has 3 aromatic heterocycles. The van der Waals surface area contributed by atoms with Crippen LogP contribution in [0.3, 0.4) is 0 Å². The lowest BCUT2D eigenvalue weighted by Gasteiger charge is -2.06. The van der Waals surface area contributed by atoms with Gasteiger partial charge >= 0.3 is 0 Å². The van der Waals surface area contributed by atoms with Crippen LogP contribution >= 0.6 is 22.9 Å². The van der Waals surface area contributed by atoms with Crippen molar-refractivity contribution in [3.63, 3.8) is 0 Å². The second-order valence-corrected chi connectivity index (χ2v) is 5.84. The summed E-state index contributed by atoms with van der Waals surface area (Å²) in [5, 5.41) is 9.00. The van der Waals surface area contributed by atoms with Crippen molar-refractivity contribution in [1.29, 1.82) is 0 Å². The number of hydrogen-bond acceptors (Lipinski definition) is 5. The third-order valence-corrected chi connectivity index (χ3v) is 4.24. The number of nitrogens with zero attached hydrogens (tertiary/aromatic N) is 4. The van der Waals surface area contributed by atoms with Crippen molar-refractivity contribution in [3.8, 4) is 5.82 Å². The lowest BCUT2D eigenvalue weighted by atomic mass is 10.3. The number of aryl methyl sites for hydroxylation is 1. The third-order valence-electron chi connectivity index (χ3n) is 2.88. The first kappa shape index (κ1) is 13.3. The van der Waals surface area contributed by atoms with E-state index in [1.165, 1.54) is 4.88 Å². The van der Waals surface area contributed by atoms with Crippen LogP contribution in [0.5, 0.6) is 0 Å². The van der Waals surface area contributed by atoms with Gasteiger partial charge in [0.1, 0.15) is 4.83 Å². The van der Waals surface area contributed by atoms with E-state index >= 15 is 0 Å². The van der Waals surface area contributed by atoms with Gasteiger partial charge in [-0.1, -0.05) is 18.5 Å². The number of nitrogens with one attached hydrogen (secondary N) is 1. The zero-order chi connectivity index (χ0) is 14.1. The zero-order valence-electron chi connectivity index (χ0n) is 11.2. The number of fused-ring (bicyclic) bond motifs is 1. The molecular formula is C13H14ClN5S. The number of aromatic nitrogens is 4. The van der Waals surface area contributed by atoms with Gasteiger partial charge < -0.3 is 5.32 Å². The Kier molecular flexibility index (Phi) is 3.58. The first-order valence-corrected chi connectivity index (χ1v) is 7.65. The normalized spacial score (nSPS) is 11.2. The maximum Gasteiger partial charge on any atom is 0.226 e. The highest BCUT2D eigenvalue weighted by molar-refractivity contribution is 7.18. The first-order chi connectivity index (χ1) is 9.71. The average molecular weight is 308 g/mol.